The minimum Gasteiger partial charge on any atom is -0.481 e. The number of benzene rings is 2. The maximum absolute atomic E-state index is 13.6. The Labute approximate surface area is 237 Å². The molecule has 3 amide bonds. The largest absolute Gasteiger partial charge is 0.481 e. The van der Waals surface area contributed by atoms with Crippen LogP contribution in [-0.2, 0) is 30.4 Å². The smallest absolute Gasteiger partial charge is 0.305 e. The van der Waals surface area contributed by atoms with Crippen molar-refractivity contribution < 1.29 is 33.9 Å². The molecule has 11 nitrogen and oxygen atoms in total. The maximum atomic E-state index is 13.6. The van der Waals surface area contributed by atoms with Crippen molar-refractivity contribution in [2.45, 2.75) is 37.8 Å². The van der Waals surface area contributed by atoms with Crippen molar-refractivity contribution >= 4 is 36.3 Å². The van der Waals surface area contributed by atoms with Crippen molar-refractivity contribution in [3.8, 4) is 0 Å². The third-order valence-corrected chi connectivity index (χ3v) is 6.20. The van der Waals surface area contributed by atoms with Gasteiger partial charge in [0.05, 0.1) is 37.7 Å². The quantitative estimate of drug-likeness (QED) is 0.238. The van der Waals surface area contributed by atoms with E-state index in [2.05, 4.69) is 16.0 Å². The van der Waals surface area contributed by atoms with Crippen LogP contribution in [0, 0.1) is 0 Å². The maximum Gasteiger partial charge on any atom is 0.305 e. The summed E-state index contributed by atoms with van der Waals surface area (Å²) in [6, 6.07) is 15.2. The Morgan fingerprint density at radius 3 is 2.20 bits per heavy atom. The molecule has 0 radical (unpaired) electrons. The van der Waals surface area contributed by atoms with E-state index in [4.69, 9.17) is 5.11 Å². The Hall–Kier alpha value is -5.06. The summed E-state index contributed by atoms with van der Waals surface area (Å²) in [5.74, 6) is -2.63. The third kappa shape index (κ3) is 9.57. The fourth-order valence-corrected chi connectivity index (χ4v) is 4.21. The van der Waals surface area contributed by atoms with Gasteiger partial charge in [-0.05, 0) is 36.6 Å². The highest BCUT2D eigenvalue weighted by molar-refractivity contribution is 5.95. The molecule has 1 unspecified atom stereocenters. The molecule has 0 fully saturated rings. The number of allylic oxidation sites excluding steroid dienone is 3. The predicted molar refractivity (Wildman–Crippen MR) is 149 cm³/mol. The number of carboxylic acids is 1. The lowest BCUT2D eigenvalue weighted by Gasteiger charge is -2.31. The normalized spacial score (nSPS) is 13.9. The molecule has 3 rings (SSSR count). The first-order valence-electron chi connectivity index (χ1n) is 13.1. The second-order valence-corrected chi connectivity index (χ2v) is 9.32. The lowest BCUT2D eigenvalue weighted by molar-refractivity contribution is -0.138. The van der Waals surface area contributed by atoms with E-state index in [-0.39, 0.29) is 25.4 Å². The van der Waals surface area contributed by atoms with Gasteiger partial charge in [-0.1, -0.05) is 54.6 Å². The van der Waals surface area contributed by atoms with Crippen LogP contribution in [0.3, 0.4) is 0 Å². The van der Waals surface area contributed by atoms with E-state index < -0.39 is 36.3 Å². The van der Waals surface area contributed by atoms with Crippen molar-refractivity contribution in [2.24, 2.45) is 0 Å². The molecule has 0 heterocycles. The highest BCUT2D eigenvalue weighted by Crippen LogP contribution is 2.22. The predicted octanol–water partition coefficient (Wildman–Crippen LogP) is 1.36. The topological polar surface area (TPSA) is 162 Å². The molecule has 0 spiro atoms. The van der Waals surface area contributed by atoms with Crippen molar-refractivity contribution in [3.05, 3.63) is 95.3 Å². The van der Waals surface area contributed by atoms with Crippen LogP contribution >= 0.6 is 0 Å². The molecule has 1 aliphatic carbocycles. The van der Waals surface area contributed by atoms with Gasteiger partial charge in [-0.15, -0.1) is 0 Å². The lowest BCUT2D eigenvalue weighted by Crippen LogP contribution is -2.47. The molecule has 0 saturated carbocycles. The Balaban J connectivity index is 1.83. The van der Waals surface area contributed by atoms with Crippen molar-refractivity contribution in [3.63, 3.8) is 0 Å². The average Bonchev–Trinajstić information content (AvgIpc) is 2.98. The number of aliphatic carboxylic acids is 1. The standard InChI is InChI=1S/C30H32N4O7/c35-19-23(16-29(39)40)32-27(37)17-31-25-13-7-8-14-26(25)34(28(38)15-21-9-3-1-4-10-21)18-24(20-36)33-30(41)22-11-5-2-6-12-22/h1-6,8-12,14,19-20,23-24,31H,7,13,15-18H2,(H,32,37)(H,33,41)(H,39,40)/t23-,24?/m0/s1. The number of hydrogen-bond donors (Lipinski definition) is 4. The molecule has 0 saturated heterocycles. The first-order valence-corrected chi connectivity index (χ1v) is 13.1. The van der Waals surface area contributed by atoms with Crippen LogP contribution in [0.5, 0.6) is 0 Å². The van der Waals surface area contributed by atoms with E-state index in [0.717, 1.165) is 5.56 Å². The van der Waals surface area contributed by atoms with Gasteiger partial charge < -0.3 is 35.5 Å². The number of carbonyl (C=O) groups is 6. The molecule has 4 N–H and O–H groups in total. The second kappa shape index (κ2) is 15.5. The van der Waals surface area contributed by atoms with E-state index in [9.17, 15) is 28.8 Å². The van der Waals surface area contributed by atoms with Gasteiger partial charge >= 0.3 is 5.97 Å². The minimum atomic E-state index is -1.23. The van der Waals surface area contributed by atoms with Crippen LogP contribution in [-0.4, -0.2) is 71.4 Å². The highest BCUT2D eigenvalue weighted by Gasteiger charge is 2.26. The second-order valence-electron chi connectivity index (χ2n) is 9.32. The Kier molecular flexibility index (Phi) is 11.5. The number of carbonyl (C=O) groups excluding carboxylic acids is 5. The number of aldehydes is 2. The number of rotatable bonds is 15. The zero-order valence-corrected chi connectivity index (χ0v) is 22.3. The van der Waals surface area contributed by atoms with Crippen molar-refractivity contribution in [1.29, 1.82) is 0 Å². The van der Waals surface area contributed by atoms with E-state index in [0.29, 0.717) is 42.4 Å². The number of amides is 3. The van der Waals surface area contributed by atoms with Crippen molar-refractivity contribution in [2.75, 3.05) is 13.1 Å². The number of nitrogens with zero attached hydrogens (tertiary/aromatic N) is 1. The van der Waals surface area contributed by atoms with E-state index in [1.165, 1.54) is 4.90 Å². The van der Waals surface area contributed by atoms with Gasteiger partial charge in [0.25, 0.3) is 5.91 Å². The summed E-state index contributed by atoms with van der Waals surface area (Å²) in [7, 11) is 0. The molecule has 0 bridgehead atoms. The number of nitrogens with one attached hydrogen (secondary N) is 3. The average molecular weight is 561 g/mol. The summed E-state index contributed by atoms with van der Waals surface area (Å²) in [5, 5.41) is 16.9. The molecule has 11 heteroatoms. The lowest BCUT2D eigenvalue weighted by atomic mass is 10.0. The van der Waals surface area contributed by atoms with Crippen molar-refractivity contribution in [1.82, 2.24) is 20.9 Å². The Morgan fingerprint density at radius 2 is 1.56 bits per heavy atom. The van der Waals surface area contributed by atoms with Gasteiger partial charge in [0.1, 0.15) is 18.6 Å². The summed E-state index contributed by atoms with van der Waals surface area (Å²) < 4.78 is 0. The van der Waals surface area contributed by atoms with Gasteiger partial charge in [-0.25, -0.2) is 0 Å². The molecule has 2 aromatic rings. The fourth-order valence-electron chi connectivity index (χ4n) is 4.21. The monoisotopic (exact) mass is 560 g/mol. The van der Waals surface area contributed by atoms with E-state index >= 15 is 0 Å². The minimum absolute atomic E-state index is 0.0281. The van der Waals surface area contributed by atoms with Crippen LogP contribution in [0.1, 0.15) is 35.2 Å². The van der Waals surface area contributed by atoms with E-state index in [1.807, 2.05) is 24.3 Å². The van der Waals surface area contributed by atoms with Crippen LogP contribution in [0.25, 0.3) is 0 Å². The molecular formula is C30H32N4O7. The van der Waals surface area contributed by atoms with Gasteiger partial charge in [-0.3, -0.25) is 19.2 Å². The summed E-state index contributed by atoms with van der Waals surface area (Å²) >= 11 is 0. The molecule has 2 aromatic carbocycles. The molecule has 214 valence electrons. The zero-order chi connectivity index (χ0) is 29.6. The SMILES string of the molecule is O=CC(CN(C(=O)Cc1ccccc1)C1=C(NCC(=O)N[C@H](C=O)CC(=O)O)CCC=C1)NC(=O)c1ccccc1. The molecule has 0 aliphatic heterocycles. The summed E-state index contributed by atoms with van der Waals surface area (Å²) in [5.41, 5.74) is 2.10. The fraction of sp³-hybridized carbons (Fsp3) is 0.267. The molecule has 41 heavy (non-hydrogen) atoms. The first-order chi connectivity index (χ1) is 19.8. The molecule has 2 atom stereocenters. The van der Waals surface area contributed by atoms with Crippen LogP contribution in [0.4, 0.5) is 0 Å². The first kappa shape index (κ1) is 30.5. The van der Waals surface area contributed by atoms with Crippen LogP contribution in [0.2, 0.25) is 0 Å². The van der Waals surface area contributed by atoms with Gasteiger partial charge in [0.15, 0.2) is 0 Å². The Bertz CT molecular complexity index is 1310. The summed E-state index contributed by atoms with van der Waals surface area (Å²) in [6.07, 6.45) is 5.04. The zero-order valence-electron chi connectivity index (χ0n) is 22.3. The molecule has 1 aliphatic rings. The Morgan fingerprint density at radius 1 is 0.902 bits per heavy atom. The number of hydrogen-bond acceptors (Lipinski definition) is 7. The molecular weight excluding hydrogens is 528 g/mol. The third-order valence-electron chi connectivity index (χ3n) is 6.20. The summed E-state index contributed by atoms with van der Waals surface area (Å²) in [4.78, 5) is 74.3. The number of carboxylic acid groups (broad SMARTS) is 1. The highest BCUT2D eigenvalue weighted by atomic mass is 16.4. The van der Waals surface area contributed by atoms with Gasteiger partial charge in [-0.2, -0.15) is 0 Å². The van der Waals surface area contributed by atoms with Crippen LogP contribution < -0.4 is 16.0 Å². The summed E-state index contributed by atoms with van der Waals surface area (Å²) in [6.45, 7) is -0.435. The van der Waals surface area contributed by atoms with Gasteiger partial charge in [0.2, 0.25) is 11.8 Å². The van der Waals surface area contributed by atoms with E-state index in [1.54, 1.807) is 48.5 Å². The van der Waals surface area contributed by atoms with Gasteiger partial charge in [0, 0.05) is 11.3 Å². The molecule has 0 aromatic heterocycles. The van der Waals surface area contributed by atoms with Crippen LogP contribution in [0.15, 0.2) is 84.2 Å².